The monoisotopic (exact) mass is 326 g/mol. The molecule has 0 radical (unpaired) electrons. The van der Waals surface area contributed by atoms with Crippen molar-refractivity contribution < 1.29 is 13.9 Å². The summed E-state index contributed by atoms with van der Waals surface area (Å²) >= 11 is 0. The molecular formula is C21H23FO2. The lowest BCUT2D eigenvalue weighted by atomic mass is 9.80. The van der Waals surface area contributed by atoms with Gasteiger partial charge in [-0.2, -0.15) is 0 Å². The predicted octanol–water partition coefficient (Wildman–Crippen LogP) is 5.66. The van der Waals surface area contributed by atoms with E-state index in [0.717, 1.165) is 37.5 Å². The molecule has 24 heavy (non-hydrogen) atoms. The van der Waals surface area contributed by atoms with Gasteiger partial charge in [-0.1, -0.05) is 18.2 Å². The van der Waals surface area contributed by atoms with Crippen LogP contribution in [0, 0.1) is 17.7 Å². The van der Waals surface area contributed by atoms with Crippen LogP contribution in [-0.2, 0) is 4.79 Å². The van der Waals surface area contributed by atoms with Gasteiger partial charge in [-0.05, 0) is 74.1 Å². The SMILES string of the molecule is C=CCCC1CCC(C(=O)Oc2ccc3c(F)cccc3c2)CC1. The van der Waals surface area contributed by atoms with Crippen molar-refractivity contribution in [2.75, 3.05) is 0 Å². The van der Waals surface area contributed by atoms with E-state index in [-0.39, 0.29) is 17.7 Å². The first-order chi connectivity index (χ1) is 11.7. The van der Waals surface area contributed by atoms with E-state index >= 15 is 0 Å². The van der Waals surface area contributed by atoms with E-state index in [1.54, 1.807) is 24.3 Å². The van der Waals surface area contributed by atoms with Crippen molar-refractivity contribution in [3.63, 3.8) is 0 Å². The minimum atomic E-state index is -0.261. The zero-order valence-corrected chi connectivity index (χ0v) is 13.8. The molecule has 2 nitrogen and oxygen atoms in total. The van der Waals surface area contributed by atoms with Gasteiger partial charge in [0, 0.05) is 5.39 Å². The van der Waals surface area contributed by atoms with Crippen molar-refractivity contribution in [3.05, 3.63) is 54.9 Å². The Hall–Kier alpha value is -2.16. The molecule has 2 aromatic carbocycles. The van der Waals surface area contributed by atoms with Crippen molar-refractivity contribution in [2.45, 2.75) is 38.5 Å². The number of rotatable bonds is 5. The summed E-state index contributed by atoms with van der Waals surface area (Å²) in [6.07, 6.45) is 8.12. The maximum atomic E-state index is 13.7. The van der Waals surface area contributed by atoms with Crippen LogP contribution in [0.1, 0.15) is 38.5 Å². The fraction of sp³-hybridized carbons (Fsp3) is 0.381. The quantitative estimate of drug-likeness (QED) is 0.403. The van der Waals surface area contributed by atoms with Gasteiger partial charge in [-0.25, -0.2) is 4.39 Å². The Bertz CT molecular complexity index is 730. The van der Waals surface area contributed by atoms with Gasteiger partial charge in [0.15, 0.2) is 0 Å². The Morgan fingerprint density at radius 2 is 2.00 bits per heavy atom. The highest BCUT2D eigenvalue weighted by Crippen LogP contribution is 2.33. The van der Waals surface area contributed by atoms with Crippen molar-refractivity contribution in [1.82, 2.24) is 0 Å². The Balaban J connectivity index is 1.60. The number of benzene rings is 2. The summed E-state index contributed by atoms with van der Waals surface area (Å²) in [6, 6.07) is 9.97. The molecule has 3 heteroatoms. The first-order valence-corrected chi connectivity index (χ1v) is 8.68. The van der Waals surface area contributed by atoms with Gasteiger partial charge >= 0.3 is 5.97 Å². The fourth-order valence-electron chi connectivity index (χ4n) is 3.53. The third-order valence-electron chi connectivity index (χ3n) is 4.98. The van der Waals surface area contributed by atoms with E-state index < -0.39 is 0 Å². The van der Waals surface area contributed by atoms with Crippen LogP contribution in [-0.4, -0.2) is 5.97 Å². The van der Waals surface area contributed by atoms with Crippen LogP contribution in [0.4, 0.5) is 4.39 Å². The molecule has 0 amide bonds. The maximum Gasteiger partial charge on any atom is 0.314 e. The maximum absolute atomic E-state index is 13.7. The second kappa shape index (κ2) is 7.61. The molecule has 0 atom stereocenters. The summed E-state index contributed by atoms with van der Waals surface area (Å²) in [4.78, 5) is 12.4. The van der Waals surface area contributed by atoms with E-state index in [1.165, 1.54) is 12.5 Å². The van der Waals surface area contributed by atoms with Crippen molar-refractivity contribution >= 4 is 16.7 Å². The van der Waals surface area contributed by atoms with Gasteiger partial charge in [0.1, 0.15) is 11.6 Å². The zero-order valence-electron chi connectivity index (χ0n) is 13.8. The molecule has 1 fully saturated rings. The van der Waals surface area contributed by atoms with Gasteiger partial charge in [-0.3, -0.25) is 4.79 Å². The van der Waals surface area contributed by atoms with Crippen LogP contribution >= 0.6 is 0 Å². The zero-order chi connectivity index (χ0) is 16.9. The number of fused-ring (bicyclic) bond motifs is 1. The van der Waals surface area contributed by atoms with E-state index in [9.17, 15) is 9.18 Å². The molecule has 1 aliphatic carbocycles. The number of allylic oxidation sites excluding steroid dienone is 1. The van der Waals surface area contributed by atoms with E-state index in [2.05, 4.69) is 6.58 Å². The molecule has 0 aromatic heterocycles. The third-order valence-corrected chi connectivity index (χ3v) is 4.98. The number of esters is 1. The summed E-state index contributed by atoms with van der Waals surface area (Å²) in [7, 11) is 0. The second-order valence-corrected chi connectivity index (χ2v) is 6.63. The summed E-state index contributed by atoms with van der Waals surface area (Å²) in [5.41, 5.74) is 0. The number of ether oxygens (including phenoxy) is 1. The average molecular weight is 326 g/mol. The summed E-state index contributed by atoms with van der Waals surface area (Å²) in [6.45, 7) is 3.76. The molecule has 0 N–H and O–H groups in total. The van der Waals surface area contributed by atoms with Crippen molar-refractivity contribution in [2.24, 2.45) is 11.8 Å². The van der Waals surface area contributed by atoms with Crippen LogP contribution in [0.3, 0.4) is 0 Å². The number of carbonyl (C=O) groups excluding carboxylic acids is 1. The largest absolute Gasteiger partial charge is 0.426 e. The number of carbonyl (C=O) groups is 1. The number of hydrogen-bond acceptors (Lipinski definition) is 2. The van der Waals surface area contributed by atoms with E-state index in [4.69, 9.17) is 4.74 Å². The Morgan fingerprint density at radius 1 is 1.21 bits per heavy atom. The third kappa shape index (κ3) is 3.84. The topological polar surface area (TPSA) is 26.3 Å². The van der Waals surface area contributed by atoms with Gasteiger partial charge in [0.25, 0.3) is 0 Å². The molecule has 0 bridgehead atoms. The van der Waals surface area contributed by atoms with Crippen LogP contribution in [0.5, 0.6) is 5.75 Å². The molecule has 126 valence electrons. The minimum Gasteiger partial charge on any atom is -0.426 e. The molecule has 0 unspecified atom stereocenters. The van der Waals surface area contributed by atoms with E-state index in [1.807, 2.05) is 12.1 Å². The van der Waals surface area contributed by atoms with Crippen LogP contribution in [0.15, 0.2) is 49.1 Å². The smallest absolute Gasteiger partial charge is 0.314 e. The van der Waals surface area contributed by atoms with Gasteiger partial charge < -0.3 is 4.74 Å². The lowest BCUT2D eigenvalue weighted by molar-refractivity contribution is -0.140. The van der Waals surface area contributed by atoms with Crippen molar-refractivity contribution in [3.8, 4) is 5.75 Å². The minimum absolute atomic E-state index is 0.0202. The highest BCUT2D eigenvalue weighted by molar-refractivity contribution is 5.85. The first kappa shape index (κ1) is 16.7. The Kier molecular flexibility index (Phi) is 5.29. The summed E-state index contributed by atoms with van der Waals surface area (Å²) in [5, 5.41) is 1.29. The molecule has 1 saturated carbocycles. The first-order valence-electron chi connectivity index (χ1n) is 8.68. The Labute approximate surface area is 142 Å². The molecule has 0 heterocycles. The molecule has 2 aromatic rings. The van der Waals surface area contributed by atoms with Crippen LogP contribution in [0.25, 0.3) is 10.8 Å². The average Bonchev–Trinajstić information content (AvgIpc) is 2.60. The Morgan fingerprint density at radius 3 is 2.75 bits per heavy atom. The predicted molar refractivity (Wildman–Crippen MR) is 94.4 cm³/mol. The lowest BCUT2D eigenvalue weighted by Gasteiger charge is -2.26. The van der Waals surface area contributed by atoms with E-state index in [0.29, 0.717) is 17.1 Å². The normalized spacial score (nSPS) is 20.7. The molecular weight excluding hydrogens is 303 g/mol. The highest BCUT2D eigenvalue weighted by Gasteiger charge is 2.27. The summed E-state index contributed by atoms with van der Waals surface area (Å²) < 4.78 is 19.2. The summed E-state index contributed by atoms with van der Waals surface area (Å²) in [5.74, 6) is 0.756. The van der Waals surface area contributed by atoms with Crippen LogP contribution in [0.2, 0.25) is 0 Å². The van der Waals surface area contributed by atoms with Gasteiger partial charge in [-0.15, -0.1) is 6.58 Å². The van der Waals surface area contributed by atoms with Gasteiger partial charge in [0.2, 0.25) is 0 Å². The number of halogens is 1. The van der Waals surface area contributed by atoms with Gasteiger partial charge in [0.05, 0.1) is 5.92 Å². The highest BCUT2D eigenvalue weighted by atomic mass is 19.1. The molecule has 0 spiro atoms. The number of hydrogen-bond donors (Lipinski definition) is 0. The second-order valence-electron chi connectivity index (χ2n) is 6.63. The van der Waals surface area contributed by atoms with Crippen molar-refractivity contribution in [1.29, 1.82) is 0 Å². The standard InChI is InChI=1S/C21H23FO2/c1-2-3-5-15-8-10-16(11-9-15)21(23)24-18-12-13-19-17(14-18)6-4-7-20(19)22/h2,4,6-7,12-16H,1,3,5,8-11H2. The molecule has 0 aliphatic heterocycles. The molecule has 1 aliphatic rings. The fourth-order valence-corrected chi connectivity index (χ4v) is 3.53. The lowest BCUT2D eigenvalue weighted by Crippen LogP contribution is -2.25. The molecule has 0 saturated heterocycles. The molecule has 3 rings (SSSR count). The van der Waals surface area contributed by atoms with Crippen LogP contribution < -0.4 is 4.74 Å².